The zero-order valence-corrected chi connectivity index (χ0v) is 14.3. The van der Waals surface area contributed by atoms with Gasteiger partial charge >= 0.3 is 0 Å². The second-order valence-corrected chi connectivity index (χ2v) is 7.33. The number of hydrogen-bond donors (Lipinski definition) is 1. The van der Waals surface area contributed by atoms with Crippen molar-refractivity contribution in [2.75, 3.05) is 0 Å². The maximum atomic E-state index is 4.48. The summed E-state index contributed by atoms with van der Waals surface area (Å²) in [6.07, 6.45) is 0.951. The molecule has 0 unspecified atom stereocenters. The monoisotopic (exact) mass is 391 g/mol. The van der Waals surface area contributed by atoms with E-state index in [9.17, 15) is 0 Å². The molecule has 0 aliphatic heterocycles. The van der Waals surface area contributed by atoms with Crippen LogP contribution in [0.4, 0.5) is 0 Å². The number of nitrogens with zero attached hydrogens (tertiary/aromatic N) is 2. The largest absolute Gasteiger partial charge is 0.306 e. The van der Waals surface area contributed by atoms with Crippen molar-refractivity contribution >= 4 is 43.2 Å². The van der Waals surface area contributed by atoms with Gasteiger partial charge in [-0.3, -0.25) is 4.68 Å². The average molecular weight is 393 g/mol. The van der Waals surface area contributed by atoms with Crippen molar-refractivity contribution in [1.82, 2.24) is 15.1 Å². The van der Waals surface area contributed by atoms with Crippen molar-refractivity contribution in [3.05, 3.63) is 36.7 Å². The molecular formula is C12H15Br2N3S. The Labute approximate surface area is 128 Å². The topological polar surface area (TPSA) is 29.9 Å². The van der Waals surface area contributed by atoms with Crippen molar-refractivity contribution < 1.29 is 0 Å². The first-order chi connectivity index (χ1) is 8.61. The van der Waals surface area contributed by atoms with E-state index in [1.165, 1.54) is 14.4 Å². The van der Waals surface area contributed by atoms with E-state index in [2.05, 4.69) is 61.3 Å². The highest BCUT2D eigenvalue weighted by atomic mass is 79.9. The van der Waals surface area contributed by atoms with Crippen LogP contribution in [0.5, 0.6) is 0 Å². The van der Waals surface area contributed by atoms with Gasteiger partial charge in [-0.15, -0.1) is 11.3 Å². The van der Waals surface area contributed by atoms with E-state index >= 15 is 0 Å². The minimum Gasteiger partial charge on any atom is -0.306 e. The molecule has 0 fully saturated rings. The van der Waals surface area contributed by atoms with Crippen molar-refractivity contribution in [3.8, 4) is 0 Å². The summed E-state index contributed by atoms with van der Waals surface area (Å²) in [4.78, 5) is 1.33. The molecule has 98 valence electrons. The van der Waals surface area contributed by atoms with Gasteiger partial charge < -0.3 is 5.32 Å². The third-order valence-electron chi connectivity index (χ3n) is 2.72. The van der Waals surface area contributed by atoms with Crippen molar-refractivity contribution in [1.29, 1.82) is 0 Å². The first kappa shape index (κ1) is 14.2. The van der Waals surface area contributed by atoms with E-state index < -0.39 is 0 Å². The molecule has 0 radical (unpaired) electrons. The lowest BCUT2D eigenvalue weighted by molar-refractivity contribution is 0.625. The molecule has 0 atom stereocenters. The van der Waals surface area contributed by atoms with E-state index in [-0.39, 0.29) is 0 Å². The Bertz CT molecular complexity index is 533. The molecule has 0 aromatic carbocycles. The number of nitrogens with one attached hydrogen (secondary N) is 1. The summed E-state index contributed by atoms with van der Waals surface area (Å²) in [5.41, 5.74) is 2.32. The molecular weight excluding hydrogens is 378 g/mol. The Hall–Kier alpha value is -0.170. The predicted molar refractivity (Wildman–Crippen MR) is 82.8 cm³/mol. The van der Waals surface area contributed by atoms with Crippen molar-refractivity contribution in [3.63, 3.8) is 0 Å². The molecule has 1 N–H and O–H groups in total. The summed E-state index contributed by atoms with van der Waals surface area (Å²) >= 11 is 8.86. The van der Waals surface area contributed by atoms with Gasteiger partial charge in [-0.1, -0.05) is 6.92 Å². The second kappa shape index (κ2) is 6.32. The van der Waals surface area contributed by atoms with Gasteiger partial charge in [0, 0.05) is 25.0 Å². The highest BCUT2D eigenvalue weighted by molar-refractivity contribution is 9.11. The summed E-state index contributed by atoms with van der Waals surface area (Å²) in [5.74, 6) is 0. The molecule has 0 aliphatic carbocycles. The zero-order chi connectivity index (χ0) is 13.1. The highest BCUT2D eigenvalue weighted by Crippen LogP contribution is 2.23. The lowest BCUT2D eigenvalue weighted by Crippen LogP contribution is -2.14. The molecule has 0 saturated carbocycles. The van der Waals surface area contributed by atoms with Crippen LogP contribution >= 0.6 is 43.2 Å². The number of aryl methyl sites for hydroxylation is 2. The van der Waals surface area contributed by atoms with Crippen LogP contribution < -0.4 is 5.32 Å². The molecule has 0 saturated heterocycles. The fourth-order valence-electron chi connectivity index (χ4n) is 1.76. The van der Waals surface area contributed by atoms with Gasteiger partial charge in [-0.05, 0) is 50.4 Å². The zero-order valence-electron chi connectivity index (χ0n) is 10.3. The molecule has 6 heteroatoms. The van der Waals surface area contributed by atoms with Gasteiger partial charge in [0.1, 0.15) is 0 Å². The molecule has 2 heterocycles. The van der Waals surface area contributed by atoms with Crippen LogP contribution in [0.3, 0.4) is 0 Å². The van der Waals surface area contributed by atoms with Gasteiger partial charge in [0.25, 0.3) is 0 Å². The van der Waals surface area contributed by atoms with Gasteiger partial charge in [0.15, 0.2) is 0 Å². The Morgan fingerprint density at radius 2 is 2.11 bits per heavy atom. The standard InChI is InChI=1S/C12H15Br2N3S/c1-3-9-12(14)10(17(2)16-9)7-15-6-8-4-5-11(13)18-8/h4-5,15H,3,6-7H2,1-2H3. The van der Waals surface area contributed by atoms with Crippen LogP contribution in [0.2, 0.25) is 0 Å². The third-order valence-corrected chi connectivity index (χ3v) is 5.26. The second-order valence-electron chi connectivity index (χ2n) is 3.99. The maximum absolute atomic E-state index is 4.48. The van der Waals surface area contributed by atoms with Crippen LogP contribution in [0.15, 0.2) is 20.4 Å². The highest BCUT2D eigenvalue weighted by Gasteiger charge is 2.11. The smallest absolute Gasteiger partial charge is 0.0767 e. The lowest BCUT2D eigenvalue weighted by atomic mass is 10.3. The maximum Gasteiger partial charge on any atom is 0.0767 e. The third kappa shape index (κ3) is 3.23. The normalized spacial score (nSPS) is 11.1. The molecule has 18 heavy (non-hydrogen) atoms. The summed E-state index contributed by atoms with van der Waals surface area (Å²) in [5, 5.41) is 7.93. The SMILES string of the molecule is CCc1nn(C)c(CNCc2ccc(Br)s2)c1Br. The Kier molecular flexibility index (Phi) is 5.00. The fraction of sp³-hybridized carbons (Fsp3) is 0.417. The fourth-order valence-corrected chi connectivity index (χ4v) is 3.97. The van der Waals surface area contributed by atoms with E-state index in [0.717, 1.165) is 29.7 Å². The molecule has 0 bridgehead atoms. The van der Waals surface area contributed by atoms with Gasteiger partial charge in [-0.25, -0.2) is 0 Å². The van der Waals surface area contributed by atoms with Crippen LogP contribution in [0, 0.1) is 0 Å². The molecule has 2 aromatic heterocycles. The molecule has 0 aliphatic rings. The summed E-state index contributed by atoms with van der Waals surface area (Å²) < 4.78 is 4.25. The van der Waals surface area contributed by atoms with Gasteiger partial charge in [0.05, 0.1) is 19.6 Å². The quantitative estimate of drug-likeness (QED) is 0.837. The average Bonchev–Trinajstić information content (AvgIpc) is 2.86. The van der Waals surface area contributed by atoms with Crippen LogP contribution in [0.25, 0.3) is 0 Å². The predicted octanol–water partition coefficient (Wildman–Crippen LogP) is 3.86. The molecule has 0 spiro atoms. The number of thiophene rings is 1. The van der Waals surface area contributed by atoms with Gasteiger partial charge in [-0.2, -0.15) is 5.10 Å². The summed E-state index contributed by atoms with van der Waals surface area (Å²) in [7, 11) is 1.99. The van der Waals surface area contributed by atoms with E-state index in [4.69, 9.17) is 0 Å². The van der Waals surface area contributed by atoms with E-state index in [1.54, 1.807) is 11.3 Å². The minimum absolute atomic E-state index is 0.819. The Morgan fingerprint density at radius 1 is 1.33 bits per heavy atom. The first-order valence-corrected chi connectivity index (χ1v) is 8.17. The Morgan fingerprint density at radius 3 is 2.67 bits per heavy atom. The summed E-state index contributed by atoms with van der Waals surface area (Å²) in [6.45, 7) is 3.82. The van der Waals surface area contributed by atoms with Crippen molar-refractivity contribution in [2.24, 2.45) is 7.05 Å². The number of rotatable bonds is 5. The van der Waals surface area contributed by atoms with Crippen molar-refractivity contribution in [2.45, 2.75) is 26.4 Å². The van der Waals surface area contributed by atoms with Crippen LogP contribution in [0.1, 0.15) is 23.2 Å². The van der Waals surface area contributed by atoms with Crippen LogP contribution in [-0.2, 0) is 26.6 Å². The van der Waals surface area contributed by atoms with E-state index in [0.29, 0.717) is 0 Å². The number of aromatic nitrogens is 2. The lowest BCUT2D eigenvalue weighted by Gasteiger charge is -2.04. The number of hydrogen-bond acceptors (Lipinski definition) is 3. The molecule has 2 rings (SSSR count). The van der Waals surface area contributed by atoms with Gasteiger partial charge in [0.2, 0.25) is 0 Å². The number of halogens is 2. The van der Waals surface area contributed by atoms with E-state index in [1.807, 2.05) is 11.7 Å². The molecule has 3 nitrogen and oxygen atoms in total. The first-order valence-electron chi connectivity index (χ1n) is 5.77. The Balaban J connectivity index is 1.96. The molecule has 0 amide bonds. The minimum atomic E-state index is 0.819. The molecule has 2 aromatic rings. The summed E-state index contributed by atoms with van der Waals surface area (Å²) in [6, 6.07) is 4.22. The van der Waals surface area contributed by atoms with Crippen LogP contribution in [-0.4, -0.2) is 9.78 Å².